The van der Waals surface area contributed by atoms with Gasteiger partial charge in [-0.25, -0.2) is 0 Å². The van der Waals surface area contributed by atoms with E-state index in [1.165, 1.54) is 30.6 Å². The number of benzene rings is 1. The van der Waals surface area contributed by atoms with E-state index in [4.69, 9.17) is 20.8 Å². The van der Waals surface area contributed by atoms with Crippen LogP contribution in [0.15, 0.2) is 35.9 Å². The SMILES string of the molecule is O=C1C[C@@H]2OCC=C3CN4CC[C@]56c7ccccc7N1[C@H]5[C@H]2[C@H]3C[C@H]46.O=[As](O)(O)O. The number of fused-ring (bicyclic) bond motifs is 2. The number of nitrogens with zero attached hydrogens (tertiary/aromatic N) is 2. The molecule has 5 heterocycles. The summed E-state index contributed by atoms with van der Waals surface area (Å²) >= 11 is -5.12. The van der Waals surface area contributed by atoms with E-state index in [-0.39, 0.29) is 17.4 Å². The number of carbonyl (C=O) groups excluding carboxylic acids is 1. The molecule has 0 unspecified atom stereocenters. The number of piperidine rings is 2. The first-order chi connectivity index (χ1) is 14.3. The van der Waals surface area contributed by atoms with Gasteiger partial charge < -0.3 is 9.64 Å². The van der Waals surface area contributed by atoms with Crippen molar-refractivity contribution < 1.29 is 25.6 Å². The summed E-state index contributed by atoms with van der Waals surface area (Å²) in [6, 6.07) is 9.64. The summed E-state index contributed by atoms with van der Waals surface area (Å²) in [4.78, 5) is 18.1. The zero-order valence-corrected chi connectivity index (χ0v) is 18.3. The summed E-state index contributed by atoms with van der Waals surface area (Å²) < 4.78 is 36.9. The van der Waals surface area contributed by atoms with Crippen LogP contribution in [0.1, 0.15) is 24.8 Å². The summed E-state index contributed by atoms with van der Waals surface area (Å²) in [6.07, 6.45) is 5.43. The van der Waals surface area contributed by atoms with Gasteiger partial charge in [0, 0.05) is 29.6 Å². The van der Waals surface area contributed by atoms with E-state index in [1.807, 2.05) is 0 Å². The molecular weight excluding hydrogens is 451 g/mol. The molecule has 8 nitrogen and oxygen atoms in total. The van der Waals surface area contributed by atoms with E-state index in [9.17, 15) is 4.79 Å². The van der Waals surface area contributed by atoms with E-state index in [0.717, 1.165) is 6.54 Å². The molecule has 2 bridgehead atoms. The minimum atomic E-state index is -5.12. The number of amides is 1. The third-order valence-electron chi connectivity index (χ3n) is 8.22. The van der Waals surface area contributed by atoms with E-state index < -0.39 is 14.5 Å². The Morgan fingerprint density at radius 3 is 2.77 bits per heavy atom. The number of ether oxygens (including phenoxy) is 1. The van der Waals surface area contributed by atoms with Crippen LogP contribution in [0.3, 0.4) is 0 Å². The molecule has 3 N–H and O–H groups in total. The molecular formula is C21H25AsN2O6. The van der Waals surface area contributed by atoms with Crippen molar-refractivity contribution in [2.75, 3.05) is 24.6 Å². The van der Waals surface area contributed by atoms with Gasteiger partial charge in [-0.05, 0) is 36.9 Å². The fourth-order valence-electron chi connectivity index (χ4n) is 7.51. The maximum atomic E-state index is 13.2. The second-order valence-electron chi connectivity index (χ2n) is 9.29. The van der Waals surface area contributed by atoms with E-state index in [0.29, 0.717) is 36.9 Å². The predicted molar refractivity (Wildman–Crippen MR) is 107 cm³/mol. The van der Waals surface area contributed by atoms with Crippen LogP contribution in [0.5, 0.6) is 0 Å². The molecule has 1 spiro atoms. The molecule has 1 saturated carbocycles. The molecule has 30 heavy (non-hydrogen) atoms. The average Bonchev–Trinajstić information content (AvgIpc) is 3.15. The first kappa shape index (κ1) is 19.3. The van der Waals surface area contributed by atoms with Crippen molar-refractivity contribution in [1.82, 2.24) is 4.90 Å². The first-order valence-corrected chi connectivity index (χ1v) is 13.8. The van der Waals surface area contributed by atoms with Crippen molar-refractivity contribution in [2.24, 2.45) is 11.8 Å². The van der Waals surface area contributed by atoms with Gasteiger partial charge in [0.25, 0.3) is 0 Å². The zero-order chi connectivity index (χ0) is 20.8. The van der Waals surface area contributed by atoms with Crippen LogP contribution in [-0.4, -0.2) is 75.5 Å². The molecule has 1 amide bonds. The topological polar surface area (TPSA) is 111 Å². The quantitative estimate of drug-likeness (QED) is 0.355. The zero-order valence-electron chi connectivity index (χ0n) is 16.4. The van der Waals surface area contributed by atoms with Crippen molar-refractivity contribution in [3.8, 4) is 0 Å². The van der Waals surface area contributed by atoms with Crippen molar-refractivity contribution in [3.05, 3.63) is 41.5 Å². The van der Waals surface area contributed by atoms with Crippen molar-refractivity contribution >= 4 is 26.1 Å². The molecule has 4 fully saturated rings. The van der Waals surface area contributed by atoms with Crippen LogP contribution < -0.4 is 4.90 Å². The normalized spacial score (nSPS) is 40.2. The number of rotatable bonds is 0. The van der Waals surface area contributed by atoms with Crippen LogP contribution in [0.25, 0.3) is 0 Å². The summed E-state index contributed by atoms with van der Waals surface area (Å²) in [6.45, 7) is 2.97. The van der Waals surface area contributed by atoms with Gasteiger partial charge in [0.05, 0.1) is 25.2 Å². The van der Waals surface area contributed by atoms with Gasteiger partial charge in [0.2, 0.25) is 5.91 Å². The van der Waals surface area contributed by atoms with E-state index in [2.05, 4.69) is 40.1 Å². The fraction of sp³-hybridized carbons (Fsp3) is 0.571. The van der Waals surface area contributed by atoms with Crippen LogP contribution in [0, 0.1) is 11.8 Å². The molecule has 5 aliphatic heterocycles. The van der Waals surface area contributed by atoms with Crippen molar-refractivity contribution in [3.63, 3.8) is 0 Å². The molecule has 160 valence electrons. The van der Waals surface area contributed by atoms with Gasteiger partial charge in [-0.2, -0.15) is 0 Å². The van der Waals surface area contributed by atoms with Crippen LogP contribution in [0.4, 0.5) is 5.69 Å². The van der Waals surface area contributed by atoms with Crippen LogP contribution in [0.2, 0.25) is 0 Å². The van der Waals surface area contributed by atoms with Crippen molar-refractivity contribution in [1.29, 1.82) is 0 Å². The summed E-state index contributed by atoms with van der Waals surface area (Å²) in [5.41, 5.74) is 4.35. The Morgan fingerprint density at radius 1 is 1.20 bits per heavy atom. The molecule has 9 heteroatoms. The number of hydrogen-bond donors (Lipinski definition) is 3. The maximum absolute atomic E-state index is 13.2. The Morgan fingerprint density at radius 2 is 1.97 bits per heavy atom. The Hall–Kier alpha value is -1.41. The van der Waals surface area contributed by atoms with Gasteiger partial charge in [-0.15, -0.1) is 0 Å². The predicted octanol–water partition coefficient (Wildman–Crippen LogP) is -0.0781. The second kappa shape index (κ2) is 6.31. The Bertz CT molecular complexity index is 999. The van der Waals surface area contributed by atoms with Gasteiger partial charge in [-0.1, -0.05) is 29.8 Å². The average molecular weight is 476 g/mol. The van der Waals surface area contributed by atoms with Gasteiger partial charge in [-0.3, -0.25) is 9.69 Å². The first-order valence-electron chi connectivity index (χ1n) is 10.5. The summed E-state index contributed by atoms with van der Waals surface area (Å²) in [7, 11) is 0. The number of hydrogen-bond acceptors (Lipinski definition) is 4. The molecule has 1 aliphatic carbocycles. The summed E-state index contributed by atoms with van der Waals surface area (Å²) in [5.74, 6) is 1.35. The third kappa shape index (κ3) is 2.49. The van der Waals surface area contributed by atoms with Gasteiger partial charge in [0.1, 0.15) is 0 Å². The monoisotopic (exact) mass is 476 g/mol. The molecule has 6 atom stereocenters. The van der Waals surface area contributed by atoms with Gasteiger partial charge >= 0.3 is 30.5 Å². The molecule has 0 radical (unpaired) electrons. The van der Waals surface area contributed by atoms with Crippen LogP contribution in [-0.2, 0) is 18.7 Å². The molecule has 6 aliphatic rings. The molecule has 1 aromatic rings. The standard InChI is InChI=1S/C21H22N2O2.AsH3O4/c24-18-10-16-19-13-9-17-21(6-7-22(17)11-12(13)5-8-25-16)14-3-1-2-4-15(14)23(18)20(19)21;2-1(3,4)5/h1-5,13,16-17,19-20H,6-11H2;(H3,2,3,4,5)/t13-,16-,17-,19-,20-,21+;/m0./s1. The Labute approximate surface area is 177 Å². The number of para-hydroxylation sites is 1. The second-order valence-corrected chi connectivity index (χ2v) is 11.4. The molecule has 1 aromatic carbocycles. The Balaban J connectivity index is 0.000000318. The van der Waals surface area contributed by atoms with Crippen molar-refractivity contribution in [2.45, 2.75) is 42.9 Å². The summed E-state index contributed by atoms with van der Waals surface area (Å²) in [5, 5.41) is 0. The molecule has 3 saturated heterocycles. The van der Waals surface area contributed by atoms with E-state index >= 15 is 0 Å². The fourth-order valence-corrected chi connectivity index (χ4v) is 7.51. The molecule has 7 rings (SSSR count). The number of carbonyl (C=O) groups is 1. The third-order valence-corrected chi connectivity index (χ3v) is 8.22. The van der Waals surface area contributed by atoms with Crippen LogP contribution >= 0.6 is 0 Å². The van der Waals surface area contributed by atoms with E-state index in [1.54, 1.807) is 5.57 Å². The minimum absolute atomic E-state index is 0.104. The number of anilines is 1. The Kier molecular flexibility index (Phi) is 4.06. The molecule has 0 aromatic heterocycles. The van der Waals surface area contributed by atoms with Gasteiger partial charge in [0.15, 0.2) is 0 Å².